The molecule has 0 aliphatic heterocycles. The van der Waals surface area contributed by atoms with E-state index in [0.717, 1.165) is 11.3 Å². The van der Waals surface area contributed by atoms with Gasteiger partial charge in [-0.1, -0.05) is 6.07 Å². The third-order valence-electron chi connectivity index (χ3n) is 3.30. The van der Waals surface area contributed by atoms with Gasteiger partial charge in [-0.15, -0.1) is 0 Å². The SMILES string of the molecule is NCc1ccc(NC(=O)c2ccn(-c3ccncc3)n2)c(O)c1. The molecule has 0 fully saturated rings. The summed E-state index contributed by atoms with van der Waals surface area (Å²) in [6, 6.07) is 10.0. The van der Waals surface area contributed by atoms with E-state index in [1.165, 1.54) is 6.07 Å². The van der Waals surface area contributed by atoms with Gasteiger partial charge >= 0.3 is 0 Å². The molecule has 2 heterocycles. The van der Waals surface area contributed by atoms with Gasteiger partial charge in [-0.2, -0.15) is 5.10 Å². The quantitative estimate of drug-likeness (QED) is 0.636. The standard InChI is InChI=1S/C16H15N5O2/c17-10-11-1-2-13(15(22)9-11)19-16(23)14-5-8-21(20-14)12-3-6-18-7-4-12/h1-9,22H,10,17H2,(H,19,23). The number of pyridine rings is 1. The third-order valence-corrected chi connectivity index (χ3v) is 3.30. The summed E-state index contributed by atoms with van der Waals surface area (Å²) < 4.78 is 1.58. The Bertz CT molecular complexity index is 829. The first-order chi connectivity index (χ1) is 11.2. The van der Waals surface area contributed by atoms with Crippen molar-refractivity contribution >= 4 is 11.6 Å². The van der Waals surface area contributed by atoms with Gasteiger partial charge in [0.1, 0.15) is 5.75 Å². The molecule has 0 saturated heterocycles. The fourth-order valence-electron chi connectivity index (χ4n) is 2.08. The van der Waals surface area contributed by atoms with E-state index < -0.39 is 5.91 Å². The minimum Gasteiger partial charge on any atom is -0.506 e. The number of rotatable bonds is 4. The number of aromatic nitrogens is 3. The number of nitrogens with zero attached hydrogens (tertiary/aromatic N) is 3. The normalized spacial score (nSPS) is 10.5. The molecule has 1 aromatic carbocycles. The number of phenols is 1. The largest absolute Gasteiger partial charge is 0.506 e. The van der Waals surface area contributed by atoms with Crippen molar-refractivity contribution < 1.29 is 9.90 Å². The van der Waals surface area contributed by atoms with Gasteiger partial charge < -0.3 is 16.2 Å². The first-order valence-corrected chi connectivity index (χ1v) is 6.97. The fourth-order valence-corrected chi connectivity index (χ4v) is 2.08. The van der Waals surface area contributed by atoms with Gasteiger partial charge in [-0.3, -0.25) is 9.78 Å². The number of nitrogens with two attached hydrogens (primary N) is 1. The minimum atomic E-state index is -0.409. The van der Waals surface area contributed by atoms with Gasteiger partial charge in [0, 0.05) is 25.1 Å². The van der Waals surface area contributed by atoms with Gasteiger partial charge in [0.2, 0.25) is 0 Å². The van der Waals surface area contributed by atoms with Crippen LogP contribution in [0.2, 0.25) is 0 Å². The van der Waals surface area contributed by atoms with Crippen LogP contribution >= 0.6 is 0 Å². The molecule has 3 rings (SSSR count). The van der Waals surface area contributed by atoms with Crippen LogP contribution in [0.1, 0.15) is 16.1 Å². The summed E-state index contributed by atoms with van der Waals surface area (Å²) in [6.45, 7) is 0.318. The zero-order chi connectivity index (χ0) is 16.2. The molecule has 4 N–H and O–H groups in total. The van der Waals surface area contributed by atoms with E-state index in [-0.39, 0.29) is 11.4 Å². The van der Waals surface area contributed by atoms with Crippen molar-refractivity contribution in [2.45, 2.75) is 6.54 Å². The number of hydrogen-bond donors (Lipinski definition) is 3. The molecule has 0 spiro atoms. The average molecular weight is 309 g/mol. The Kier molecular flexibility index (Phi) is 4.03. The number of hydrogen-bond acceptors (Lipinski definition) is 5. The predicted octanol–water partition coefficient (Wildman–Crippen LogP) is 1.68. The number of anilines is 1. The van der Waals surface area contributed by atoms with Crippen molar-refractivity contribution in [3.8, 4) is 11.4 Å². The van der Waals surface area contributed by atoms with Gasteiger partial charge in [0.25, 0.3) is 5.91 Å². The van der Waals surface area contributed by atoms with Crippen LogP contribution in [0.15, 0.2) is 55.0 Å². The Labute approximate surface area is 132 Å². The Hall–Kier alpha value is -3.19. The molecule has 7 nitrogen and oxygen atoms in total. The maximum atomic E-state index is 12.2. The van der Waals surface area contributed by atoms with Crippen LogP contribution in [0.4, 0.5) is 5.69 Å². The number of aromatic hydroxyl groups is 1. The molecule has 0 saturated carbocycles. The summed E-state index contributed by atoms with van der Waals surface area (Å²) in [5, 5.41) is 16.7. The Morgan fingerprint density at radius 1 is 1.22 bits per heavy atom. The molecule has 0 atom stereocenters. The lowest BCUT2D eigenvalue weighted by Crippen LogP contribution is -2.13. The smallest absolute Gasteiger partial charge is 0.276 e. The zero-order valence-corrected chi connectivity index (χ0v) is 12.2. The Morgan fingerprint density at radius 2 is 2.00 bits per heavy atom. The summed E-state index contributed by atoms with van der Waals surface area (Å²) in [6.07, 6.45) is 4.98. The number of nitrogens with one attached hydrogen (secondary N) is 1. The molecular weight excluding hydrogens is 294 g/mol. The molecule has 0 aliphatic rings. The maximum Gasteiger partial charge on any atom is 0.276 e. The summed E-state index contributed by atoms with van der Waals surface area (Å²) in [5.74, 6) is -0.441. The topological polar surface area (TPSA) is 106 Å². The number of carbonyl (C=O) groups excluding carboxylic acids is 1. The highest BCUT2D eigenvalue weighted by Crippen LogP contribution is 2.24. The van der Waals surface area contributed by atoms with E-state index in [9.17, 15) is 9.90 Å². The first kappa shape index (κ1) is 14.7. The van der Waals surface area contributed by atoms with E-state index in [1.54, 1.807) is 53.6 Å². The van der Waals surface area contributed by atoms with E-state index >= 15 is 0 Å². The molecule has 1 amide bonds. The van der Waals surface area contributed by atoms with Crippen LogP contribution in [0.3, 0.4) is 0 Å². The van der Waals surface area contributed by atoms with Crippen molar-refractivity contribution in [2.24, 2.45) is 5.73 Å². The second-order valence-corrected chi connectivity index (χ2v) is 4.86. The van der Waals surface area contributed by atoms with Crippen molar-refractivity contribution in [3.63, 3.8) is 0 Å². The Balaban J connectivity index is 1.78. The van der Waals surface area contributed by atoms with Gasteiger partial charge in [0.05, 0.1) is 11.4 Å². The molecular formula is C16H15N5O2. The second kappa shape index (κ2) is 6.29. The monoisotopic (exact) mass is 309 g/mol. The lowest BCUT2D eigenvalue weighted by atomic mass is 10.2. The molecule has 0 radical (unpaired) electrons. The number of phenolic OH excluding ortho intramolecular Hbond substituents is 1. The summed E-state index contributed by atoms with van der Waals surface area (Å²) in [7, 11) is 0. The van der Waals surface area contributed by atoms with Gasteiger partial charge in [-0.25, -0.2) is 4.68 Å². The average Bonchev–Trinajstić information content (AvgIpc) is 3.07. The number of amides is 1. The van der Waals surface area contributed by atoms with Crippen LogP contribution in [0.5, 0.6) is 5.75 Å². The van der Waals surface area contributed by atoms with Crippen LogP contribution < -0.4 is 11.1 Å². The summed E-state index contributed by atoms with van der Waals surface area (Å²) in [4.78, 5) is 16.2. The van der Waals surface area contributed by atoms with Crippen molar-refractivity contribution in [1.82, 2.24) is 14.8 Å². The molecule has 0 bridgehead atoms. The van der Waals surface area contributed by atoms with Crippen molar-refractivity contribution in [1.29, 1.82) is 0 Å². The minimum absolute atomic E-state index is 0.0325. The molecule has 0 aliphatic carbocycles. The highest BCUT2D eigenvalue weighted by Gasteiger charge is 2.12. The lowest BCUT2D eigenvalue weighted by molar-refractivity contribution is 0.102. The molecule has 3 aromatic rings. The van der Waals surface area contributed by atoms with E-state index in [1.807, 2.05) is 0 Å². The van der Waals surface area contributed by atoms with Gasteiger partial charge in [-0.05, 0) is 35.9 Å². The zero-order valence-electron chi connectivity index (χ0n) is 12.2. The number of carbonyl (C=O) groups is 1. The summed E-state index contributed by atoms with van der Waals surface area (Å²) in [5.41, 5.74) is 7.63. The lowest BCUT2D eigenvalue weighted by Gasteiger charge is -2.07. The van der Waals surface area contributed by atoms with Crippen molar-refractivity contribution in [2.75, 3.05) is 5.32 Å². The molecule has 23 heavy (non-hydrogen) atoms. The third kappa shape index (κ3) is 3.19. The van der Waals surface area contributed by atoms with Crippen LogP contribution in [-0.2, 0) is 6.54 Å². The van der Waals surface area contributed by atoms with Crippen LogP contribution in [-0.4, -0.2) is 25.8 Å². The number of benzene rings is 1. The molecule has 2 aromatic heterocycles. The van der Waals surface area contributed by atoms with E-state index in [2.05, 4.69) is 15.4 Å². The maximum absolute atomic E-state index is 12.2. The molecule has 7 heteroatoms. The predicted molar refractivity (Wildman–Crippen MR) is 85.3 cm³/mol. The molecule has 116 valence electrons. The van der Waals surface area contributed by atoms with Crippen LogP contribution in [0, 0.1) is 0 Å². The highest BCUT2D eigenvalue weighted by atomic mass is 16.3. The van der Waals surface area contributed by atoms with Crippen LogP contribution in [0.25, 0.3) is 5.69 Å². The Morgan fingerprint density at radius 3 is 2.70 bits per heavy atom. The van der Waals surface area contributed by atoms with Crippen molar-refractivity contribution in [3.05, 3.63) is 66.2 Å². The summed E-state index contributed by atoms with van der Waals surface area (Å²) >= 11 is 0. The van der Waals surface area contributed by atoms with E-state index in [0.29, 0.717) is 12.2 Å². The second-order valence-electron chi connectivity index (χ2n) is 4.86. The highest BCUT2D eigenvalue weighted by molar-refractivity contribution is 6.03. The van der Waals surface area contributed by atoms with Gasteiger partial charge in [0.15, 0.2) is 5.69 Å². The van der Waals surface area contributed by atoms with E-state index in [4.69, 9.17) is 5.73 Å². The molecule has 0 unspecified atom stereocenters. The first-order valence-electron chi connectivity index (χ1n) is 6.97. The fraction of sp³-hybridized carbons (Fsp3) is 0.0625.